The van der Waals surface area contributed by atoms with Crippen LogP contribution in [0.1, 0.15) is 57.6 Å². The van der Waals surface area contributed by atoms with Crippen LogP contribution in [0.15, 0.2) is 35.4 Å². The Balaban J connectivity index is 2.28. The number of aromatic nitrogens is 2. The molecule has 0 aliphatic rings. The summed E-state index contributed by atoms with van der Waals surface area (Å²) in [7, 11) is -4.22. The maximum atomic E-state index is 12.6. The Morgan fingerprint density at radius 3 is 2.10 bits per heavy atom. The van der Waals surface area contributed by atoms with E-state index in [9.17, 15) is 18.0 Å². The molecule has 3 N–H and O–H groups in total. The van der Waals surface area contributed by atoms with Gasteiger partial charge in [0.2, 0.25) is 5.91 Å². The molecule has 0 bridgehead atoms. The number of para-hydroxylation sites is 1. The molecule has 0 saturated heterocycles. The van der Waals surface area contributed by atoms with Crippen LogP contribution in [0.25, 0.3) is 0 Å². The molecule has 0 atom stereocenters. The number of carbonyl (C=O) groups is 2. The van der Waals surface area contributed by atoms with Gasteiger partial charge in [-0.05, 0) is 23.0 Å². The number of sulfonamides is 1. The van der Waals surface area contributed by atoms with Crippen molar-refractivity contribution in [3.05, 3.63) is 41.6 Å². The number of hydrogen-bond donors (Lipinski definition) is 3. The van der Waals surface area contributed by atoms with Crippen LogP contribution in [0.2, 0.25) is 0 Å². The third kappa shape index (κ3) is 5.74. The first kappa shape index (κ1) is 22.3. The van der Waals surface area contributed by atoms with E-state index >= 15 is 0 Å². The zero-order chi connectivity index (χ0) is 21.8. The second-order valence-electron chi connectivity index (χ2n) is 7.14. The van der Waals surface area contributed by atoms with Gasteiger partial charge in [-0.15, -0.1) is 5.10 Å². The third-order valence-electron chi connectivity index (χ3n) is 4.08. The second-order valence-corrected chi connectivity index (χ2v) is 8.82. The van der Waals surface area contributed by atoms with Gasteiger partial charge in [0.05, 0.1) is 6.20 Å². The molecule has 0 fully saturated rings. The van der Waals surface area contributed by atoms with Gasteiger partial charge in [-0.1, -0.05) is 45.9 Å². The first-order valence-corrected chi connectivity index (χ1v) is 10.6. The van der Waals surface area contributed by atoms with Gasteiger partial charge in [0, 0.05) is 18.7 Å². The topological polar surface area (TPSA) is 130 Å². The Morgan fingerprint density at radius 2 is 1.59 bits per heavy atom. The minimum Gasteiger partial charge on any atom is -0.309 e. The SMILES string of the molecule is CC(=O)Nc1cc(S(=O)(=O)NC(=O)Nc2c(C(C)C)cccc2C(C)C)cnn1. The molecule has 29 heavy (non-hydrogen) atoms. The van der Waals surface area contributed by atoms with Crippen LogP contribution in [0.3, 0.4) is 0 Å². The number of anilines is 2. The summed E-state index contributed by atoms with van der Waals surface area (Å²) in [6.45, 7) is 9.22. The highest BCUT2D eigenvalue weighted by atomic mass is 32.2. The smallest absolute Gasteiger partial charge is 0.309 e. The fourth-order valence-corrected chi connectivity index (χ4v) is 3.62. The molecule has 0 spiro atoms. The van der Waals surface area contributed by atoms with Crippen LogP contribution < -0.4 is 15.4 Å². The summed E-state index contributed by atoms with van der Waals surface area (Å²) in [5.74, 6) is -0.200. The minimum absolute atomic E-state index is 0.0342. The van der Waals surface area contributed by atoms with Crippen molar-refractivity contribution >= 4 is 33.5 Å². The van der Waals surface area contributed by atoms with Gasteiger partial charge in [0.25, 0.3) is 10.0 Å². The van der Waals surface area contributed by atoms with Crippen molar-refractivity contribution in [3.8, 4) is 0 Å². The van der Waals surface area contributed by atoms with Crippen LogP contribution in [-0.4, -0.2) is 30.6 Å². The lowest BCUT2D eigenvalue weighted by Gasteiger charge is -2.20. The van der Waals surface area contributed by atoms with Gasteiger partial charge in [-0.25, -0.2) is 17.9 Å². The monoisotopic (exact) mass is 419 g/mol. The van der Waals surface area contributed by atoms with Crippen molar-refractivity contribution in [2.24, 2.45) is 0 Å². The summed E-state index contributed by atoms with van der Waals surface area (Å²) in [5, 5.41) is 12.2. The van der Waals surface area contributed by atoms with Crippen molar-refractivity contribution in [3.63, 3.8) is 0 Å². The van der Waals surface area contributed by atoms with Crippen molar-refractivity contribution in [2.45, 2.75) is 51.3 Å². The van der Waals surface area contributed by atoms with E-state index in [0.29, 0.717) is 5.69 Å². The number of amides is 3. The van der Waals surface area contributed by atoms with Crippen LogP contribution in [0.4, 0.5) is 16.3 Å². The van der Waals surface area contributed by atoms with Crippen molar-refractivity contribution < 1.29 is 18.0 Å². The summed E-state index contributed by atoms with van der Waals surface area (Å²) in [5.41, 5.74) is 2.40. The molecule has 0 aliphatic heterocycles. The van der Waals surface area contributed by atoms with Crippen molar-refractivity contribution in [1.29, 1.82) is 0 Å². The van der Waals surface area contributed by atoms with Crippen LogP contribution >= 0.6 is 0 Å². The lowest BCUT2D eigenvalue weighted by atomic mass is 9.93. The van der Waals surface area contributed by atoms with Gasteiger partial charge in [-0.3, -0.25) is 4.79 Å². The van der Waals surface area contributed by atoms with E-state index in [4.69, 9.17) is 0 Å². The first-order chi connectivity index (χ1) is 13.5. The largest absolute Gasteiger partial charge is 0.333 e. The molecule has 2 rings (SSSR count). The molecular weight excluding hydrogens is 394 g/mol. The van der Waals surface area contributed by atoms with Gasteiger partial charge in [0.1, 0.15) is 4.90 Å². The number of nitrogens with one attached hydrogen (secondary N) is 3. The summed E-state index contributed by atoms with van der Waals surface area (Å²) < 4.78 is 27.1. The summed E-state index contributed by atoms with van der Waals surface area (Å²) in [4.78, 5) is 23.3. The van der Waals surface area contributed by atoms with Gasteiger partial charge in [0.15, 0.2) is 5.82 Å². The fraction of sp³-hybridized carbons (Fsp3) is 0.368. The zero-order valence-electron chi connectivity index (χ0n) is 17.0. The zero-order valence-corrected chi connectivity index (χ0v) is 17.8. The lowest BCUT2D eigenvalue weighted by Crippen LogP contribution is -2.35. The van der Waals surface area contributed by atoms with E-state index in [2.05, 4.69) is 20.8 Å². The average Bonchev–Trinajstić information content (AvgIpc) is 2.60. The standard InChI is InChI=1S/C19H25N5O4S/c1-11(2)15-7-6-8-16(12(3)4)18(15)22-19(26)24-29(27,28)14-9-17(21-13(5)25)23-20-10-14/h6-12H,1-5H3,(H,21,23,25)(H2,22,24,26). The Morgan fingerprint density at radius 1 is 1.00 bits per heavy atom. The quantitative estimate of drug-likeness (QED) is 0.659. The van der Waals surface area contributed by atoms with E-state index in [1.807, 2.05) is 50.6 Å². The number of urea groups is 1. The fourth-order valence-electron chi connectivity index (χ4n) is 2.75. The number of carbonyl (C=O) groups excluding carboxylic acids is 2. The van der Waals surface area contributed by atoms with E-state index < -0.39 is 22.0 Å². The second kappa shape index (κ2) is 8.99. The molecule has 156 valence electrons. The maximum Gasteiger partial charge on any atom is 0.333 e. The molecule has 0 unspecified atom stereocenters. The van der Waals surface area contributed by atoms with E-state index in [0.717, 1.165) is 23.4 Å². The average molecular weight is 420 g/mol. The molecule has 0 radical (unpaired) electrons. The normalized spacial score (nSPS) is 11.4. The van der Waals surface area contributed by atoms with E-state index in [1.54, 1.807) is 0 Å². The minimum atomic E-state index is -4.22. The Kier molecular flexibility index (Phi) is 6.91. The molecule has 9 nitrogen and oxygen atoms in total. The van der Waals surface area contributed by atoms with Gasteiger partial charge < -0.3 is 10.6 Å². The number of rotatable bonds is 6. The first-order valence-electron chi connectivity index (χ1n) is 9.08. The Bertz CT molecular complexity index is 993. The lowest BCUT2D eigenvalue weighted by molar-refractivity contribution is -0.114. The highest BCUT2D eigenvalue weighted by molar-refractivity contribution is 7.90. The predicted octanol–water partition coefficient (Wildman–Crippen LogP) is 3.19. The predicted molar refractivity (Wildman–Crippen MR) is 110 cm³/mol. The van der Waals surface area contributed by atoms with Gasteiger partial charge in [-0.2, -0.15) is 5.10 Å². The highest BCUT2D eigenvalue weighted by Gasteiger charge is 2.22. The molecule has 1 aromatic heterocycles. The van der Waals surface area contributed by atoms with Crippen molar-refractivity contribution in [2.75, 3.05) is 10.6 Å². The summed E-state index contributed by atoms with van der Waals surface area (Å²) in [6, 6.07) is 5.93. The maximum absolute atomic E-state index is 12.6. The van der Waals surface area contributed by atoms with Crippen LogP contribution in [0.5, 0.6) is 0 Å². The van der Waals surface area contributed by atoms with Gasteiger partial charge >= 0.3 is 6.03 Å². The van der Waals surface area contributed by atoms with Crippen molar-refractivity contribution in [1.82, 2.24) is 14.9 Å². The molecular formula is C19H25N5O4S. The molecule has 1 aromatic carbocycles. The molecule has 0 saturated carbocycles. The molecule has 2 aromatic rings. The summed E-state index contributed by atoms with van der Waals surface area (Å²) in [6.07, 6.45) is 0.989. The van der Waals surface area contributed by atoms with E-state index in [-0.39, 0.29) is 22.5 Å². The number of benzene rings is 1. The summed E-state index contributed by atoms with van der Waals surface area (Å²) >= 11 is 0. The number of hydrogen-bond acceptors (Lipinski definition) is 6. The Hall–Kier alpha value is -3.01. The molecule has 10 heteroatoms. The Labute approximate surface area is 170 Å². The van der Waals surface area contributed by atoms with Crippen LogP contribution in [-0.2, 0) is 14.8 Å². The molecule has 0 aliphatic carbocycles. The highest BCUT2D eigenvalue weighted by Crippen LogP contribution is 2.32. The molecule has 3 amide bonds. The van der Waals surface area contributed by atoms with E-state index in [1.165, 1.54) is 6.92 Å². The van der Waals surface area contributed by atoms with Crippen LogP contribution in [0, 0.1) is 0 Å². The molecule has 1 heterocycles. The third-order valence-corrected chi connectivity index (χ3v) is 5.38. The number of nitrogens with zero attached hydrogens (tertiary/aromatic N) is 2.